The van der Waals surface area contributed by atoms with Gasteiger partial charge in [-0.25, -0.2) is 0 Å². The molecule has 190 valence electrons. The summed E-state index contributed by atoms with van der Waals surface area (Å²) in [5.41, 5.74) is 2.65. The van der Waals surface area contributed by atoms with Gasteiger partial charge in [0.25, 0.3) is 0 Å². The summed E-state index contributed by atoms with van der Waals surface area (Å²) in [6.07, 6.45) is 2.03. The number of benzene rings is 2. The molecule has 0 radical (unpaired) electrons. The number of ether oxygens (including phenoxy) is 1. The number of aliphatic imine (C=N–C) groups is 1. The second-order valence-electron chi connectivity index (χ2n) is 9.12. The number of carboxylic acids is 1. The first-order chi connectivity index (χ1) is 17.9. The predicted molar refractivity (Wildman–Crippen MR) is 136 cm³/mol. The van der Waals surface area contributed by atoms with Crippen molar-refractivity contribution in [1.82, 2.24) is 9.80 Å². The van der Waals surface area contributed by atoms with Gasteiger partial charge in [-0.2, -0.15) is 10.5 Å². The smallest absolute Gasteiger partial charge is 0.309 e. The minimum Gasteiger partial charge on any atom is -0.481 e. The lowest BCUT2D eigenvalue weighted by atomic mass is 9.84. The van der Waals surface area contributed by atoms with Gasteiger partial charge in [0, 0.05) is 45.0 Å². The van der Waals surface area contributed by atoms with E-state index >= 15 is 0 Å². The molecule has 10 heteroatoms. The number of aryl methyl sites for hydroxylation is 1. The fourth-order valence-corrected chi connectivity index (χ4v) is 4.95. The number of piperazine rings is 1. The van der Waals surface area contributed by atoms with E-state index in [0.29, 0.717) is 50.5 Å². The maximum Gasteiger partial charge on any atom is 0.309 e. The highest BCUT2D eigenvalue weighted by atomic mass is 16.5. The van der Waals surface area contributed by atoms with Crippen LogP contribution >= 0.6 is 0 Å². The molecule has 2 atom stereocenters. The molecule has 2 aromatic rings. The quantitative estimate of drug-likeness (QED) is 0.385. The first kappa shape index (κ1) is 25.5. The lowest BCUT2D eigenvalue weighted by Crippen LogP contribution is -2.55. The number of amidine groups is 1. The van der Waals surface area contributed by atoms with E-state index in [1.807, 2.05) is 25.1 Å². The number of carboxylic acid groups (broad SMARTS) is 1. The number of carbonyl (C=O) groups excluding carboxylic acids is 1. The maximum absolute atomic E-state index is 13.4. The second kappa shape index (κ2) is 11.4. The highest BCUT2D eigenvalue weighted by molar-refractivity contribution is 5.86. The monoisotopic (exact) mass is 500 g/mol. The molecule has 2 aliphatic rings. The average molecular weight is 501 g/mol. The van der Waals surface area contributed by atoms with Crippen LogP contribution in [0.4, 0.5) is 5.69 Å². The fourth-order valence-electron chi connectivity index (χ4n) is 4.95. The van der Waals surface area contributed by atoms with Crippen molar-refractivity contribution < 1.29 is 19.4 Å². The largest absolute Gasteiger partial charge is 0.481 e. The Bertz CT molecular complexity index is 1260. The lowest BCUT2D eigenvalue weighted by Gasteiger charge is -2.41. The summed E-state index contributed by atoms with van der Waals surface area (Å²) in [6.45, 7) is 4.55. The van der Waals surface area contributed by atoms with Crippen LogP contribution in [0.5, 0.6) is 5.75 Å². The Kier molecular flexibility index (Phi) is 7.89. The van der Waals surface area contributed by atoms with Crippen LogP contribution in [-0.2, 0) is 9.59 Å². The number of hydrogen-bond acceptors (Lipinski definition) is 7. The molecule has 2 aliphatic heterocycles. The number of nitrogens with zero attached hydrogens (tertiary/aromatic N) is 6. The number of nitriles is 2. The van der Waals surface area contributed by atoms with Crippen LogP contribution in [-0.4, -0.2) is 72.1 Å². The second-order valence-corrected chi connectivity index (χ2v) is 9.12. The normalized spacial score (nSPS) is 20.1. The van der Waals surface area contributed by atoms with Crippen molar-refractivity contribution in [2.24, 2.45) is 16.8 Å². The SMILES string of the molecule is Cc1cc(C#N)ccc1N1CCN(C(=O)[C@H]2CCN(/C(=N/C#N)Oc3ccccc3)C[C@@H]2C(=O)O)CC1. The standard InChI is InChI=1S/C27H28N6O4/c1-19-15-20(16-28)7-8-24(19)31-11-13-32(14-12-31)25(34)22-9-10-33(17-23(22)26(35)36)27(30-18-29)37-21-5-3-2-4-6-21/h2-8,15,22-23H,9-14,17H2,1H3,(H,35,36)/b30-27-/t22-,23-/m0/s1. The van der Waals surface area contributed by atoms with Crippen LogP contribution in [0.2, 0.25) is 0 Å². The summed E-state index contributed by atoms with van der Waals surface area (Å²) in [5.74, 6) is -2.37. The molecule has 0 aliphatic carbocycles. The highest BCUT2D eigenvalue weighted by Gasteiger charge is 2.42. The van der Waals surface area contributed by atoms with Crippen LogP contribution < -0.4 is 9.64 Å². The molecule has 2 fully saturated rings. The van der Waals surface area contributed by atoms with Crippen LogP contribution in [0.3, 0.4) is 0 Å². The topological polar surface area (TPSA) is 133 Å². The molecule has 1 amide bonds. The fraction of sp³-hybridized carbons (Fsp3) is 0.370. The molecule has 2 saturated heterocycles. The van der Waals surface area contributed by atoms with Gasteiger partial charge in [-0.3, -0.25) is 9.59 Å². The van der Waals surface area contributed by atoms with E-state index in [9.17, 15) is 14.7 Å². The van der Waals surface area contributed by atoms with Crippen LogP contribution in [0.1, 0.15) is 17.5 Å². The van der Waals surface area contributed by atoms with Crippen LogP contribution in [0.25, 0.3) is 0 Å². The Hall–Kier alpha value is -4.57. The van der Waals surface area contributed by atoms with E-state index in [4.69, 9.17) is 15.3 Å². The number of hydrogen-bond donors (Lipinski definition) is 1. The molecule has 0 bridgehead atoms. The minimum absolute atomic E-state index is 0.0173. The molecular formula is C27H28N6O4. The van der Waals surface area contributed by atoms with Crippen molar-refractivity contribution >= 4 is 23.6 Å². The molecule has 0 saturated carbocycles. The summed E-state index contributed by atoms with van der Waals surface area (Å²) >= 11 is 0. The average Bonchev–Trinajstić information content (AvgIpc) is 2.92. The van der Waals surface area contributed by atoms with Crippen molar-refractivity contribution in [3.8, 4) is 18.0 Å². The zero-order valence-corrected chi connectivity index (χ0v) is 20.6. The Morgan fingerprint density at radius 3 is 2.35 bits per heavy atom. The van der Waals surface area contributed by atoms with Gasteiger partial charge in [-0.1, -0.05) is 18.2 Å². The van der Waals surface area contributed by atoms with Crippen molar-refractivity contribution in [2.45, 2.75) is 13.3 Å². The Balaban J connectivity index is 1.41. The Morgan fingerprint density at radius 2 is 1.73 bits per heavy atom. The van der Waals surface area contributed by atoms with Gasteiger partial charge in [-0.05, 0) is 49.2 Å². The minimum atomic E-state index is -1.06. The summed E-state index contributed by atoms with van der Waals surface area (Å²) in [4.78, 5) is 34.9. The molecule has 2 heterocycles. The summed E-state index contributed by atoms with van der Waals surface area (Å²) in [6, 6.07) is 16.6. The van der Waals surface area contributed by atoms with E-state index in [1.165, 1.54) is 0 Å². The number of amides is 1. The van der Waals surface area contributed by atoms with Crippen molar-refractivity contribution in [3.63, 3.8) is 0 Å². The van der Waals surface area contributed by atoms with Gasteiger partial charge in [0.2, 0.25) is 12.1 Å². The highest BCUT2D eigenvalue weighted by Crippen LogP contribution is 2.29. The van der Waals surface area contributed by atoms with E-state index in [1.54, 1.807) is 46.3 Å². The molecule has 37 heavy (non-hydrogen) atoms. The number of aliphatic carboxylic acids is 1. The third kappa shape index (κ3) is 5.81. The van der Waals surface area contributed by atoms with Crippen molar-refractivity contribution in [2.75, 3.05) is 44.2 Å². The Labute approximate surface area is 215 Å². The number of para-hydroxylation sites is 1. The first-order valence-electron chi connectivity index (χ1n) is 12.1. The zero-order chi connectivity index (χ0) is 26.4. The molecular weight excluding hydrogens is 472 g/mol. The Morgan fingerprint density at radius 1 is 1.00 bits per heavy atom. The lowest BCUT2D eigenvalue weighted by molar-refractivity contribution is -0.153. The van der Waals surface area contributed by atoms with Gasteiger partial charge in [0.1, 0.15) is 5.75 Å². The van der Waals surface area contributed by atoms with Gasteiger partial charge in [0.05, 0.1) is 23.5 Å². The van der Waals surface area contributed by atoms with Crippen LogP contribution in [0, 0.1) is 41.5 Å². The number of rotatable bonds is 4. The number of likely N-dealkylation sites (tertiary alicyclic amines) is 1. The van der Waals surface area contributed by atoms with E-state index < -0.39 is 17.8 Å². The van der Waals surface area contributed by atoms with Crippen molar-refractivity contribution in [3.05, 3.63) is 59.7 Å². The predicted octanol–water partition coefficient (Wildman–Crippen LogP) is 2.45. The summed E-state index contributed by atoms with van der Waals surface area (Å²) < 4.78 is 5.75. The third-order valence-corrected chi connectivity index (χ3v) is 6.87. The molecule has 2 aromatic carbocycles. The molecule has 4 rings (SSSR count). The van der Waals surface area contributed by atoms with Crippen molar-refractivity contribution in [1.29, 1.82) is 10.5 Å². The number of anilines is 1. The van der Waals surface area contributed by atoms with E-state index in [0.717, 1.165) is 11.3 Å². The maximum atomic E-state index is 13.4. The molecule has 0 aromatic heterocycles. The van der Waals surface area contributed by atoms with E-state index in [2.05, 4.69) is 16.0 Å². The number of piperidine rings is 1. The van der Waals surface area contributed by atoms with Crippen LogP contribution in [0.15, 0.2) is 53.5 Å². The van der Waals surface area contributed by atoms with Gasteiger partial charge in [-0.15, -0.1) is 4.99 Å². The summed E-state index contributed by atoms with van der Waals surface area (Å²) in [5, 5.41) is 28.2. The molecule has 1 N–H and O–H groups in total. The van der Waals surface area contributed by atoms with Gasteiger partial charge >= 0.3 is 12.0 Å². The molecule has 0 spiro atoms. The van der Waals surface area contributed by atoms with Gasteiger partial charge in [0.15, 0.2) is 0 Å². The molecule has 10 nitrogen and oxygen atoms in total. The number of carbonyl (C=O) groups is 2. The zero-order valence-electron chi connectivity index (χ0n) is 20.6. The van der Waals surface area contributed by atoms with Gasteiger partial charge < -0.3 is 24.5 Å². The van der Waals surface area contributed by atoms with E-state index in [-0.39, 0.29) is 18.5 Å². The third-order valence-electron chi connectivity index (χ3n) is 6.87. The summed E-state index contributed by atoms with van der Waals surface area (Å²) in [7, 11) is 0. The molecule has 0 unspecified atom stereocenters. The first-order valence-corrected chi connectivity index (χ1v) is 12.1.